The van der Waals surface area contributed by atoms with E-state index in [9.17, 15) is 4.79 Å². The van der Waals surface area contributed by atoms with Crippen molar-refractivity contribution in [2.24, 2.45) is 0 Å². The summed E-state index contributed by atoms with van der Waals surface area (Å²) >= 11 is 4.80. The monoisotopic (exact) mass is 356 g/mol. The summed E-state index contributed by atoms with van der Waals surface area (Å²) in [6.45, 7) is 0.566. The average molecular weight is 357 g/mol. The van der Waals surface area contributed by atoms with E-state index in [-0.39, 0.29) is 18.1 Å². The number of nitrogens with zero attached hydrogens (tertiary/aromatic N) is 3. The molecule has 0 radical (unpaired) electrons. The number of methoxy groups -OCH3 is 1. The molecule has 3 rings (SSSR count). The highest BCUT2D eigenvalue weighted by Crippen LogP contribution is 2.33. The number of H-pyrrole nitrogens is 1. The van der Waals surface area contributed by atoms with Gasteiger partial charge >= 0.3 is 0 Å². The lowest BCUT2D eigenvalue weighted by molar-refractivity contribution is 0.0689. The third kappa shape index (κ3) is 2.50. The van der Waals surface area contributed by atoms with Crippen LogP contribution in [0.25, 0.3) is 0 Å². The van der Waals surface area contributed by atoms with E-state index in [2.05, 4.69) is 31.1 Å². The number of thiophene rings is 1. The van der Waals surface area contributed by atoms with Crippen LogP contribution in [0, 0.1) is 0 Å². The molecular weight excluding hydrogens is 344 g/mol. The number of rotatable bonds is 3. The number of hydrogen-bond acceptors (Lipinski definition) is 5. The molecule has 1 amide bonds. The normalized spacial score (nSPS) is 22.4. The lowest BCUT2D eigenvalue weighted by atomic mass is 10.2. The van der Waals surface area contributed by atoms with Gasteiger partial charge in [-0.3, -0.25) is 9.89 Å². The molecule has 0 unspecified atom stereocenters. The molecule has 2 aromatic rings. The molecule has 0 bridgehead atoms. The van der Waals surface area contributed by atoms with Crippen molar-refractivity contribution >= 4 is 33.2 Å². The zero-order chi connectivity index (χ0) is 14.1. The summed E-state index contributed by atoms with van der Waals surface area (Å²) < 4.78 is 6.32. The molecular formula is C12H13BrN4O2S. The Morgan fingerprint density at radius 2 is 2.50 bits per heavy atom. The first-order valence-corrected chi connectivity index (χ1v) is 7.79. The second-order valence-corrected chi connectivity index (χ2v) is 6.39. The lowest BCUT2D eigenvalue weighted by Crippen LogP contribution is -2.32. The fraction of sp³-hybridized carbons (Fsp3) is 0.417. The standard InChI is InChI=1S/C12H13BrN4O2S/c1-19-8-3-9(11-14-6-15-16-11)17(4-8)12(18)10-2-7(13)5-20-10/h2,5-6,8-9H,3-4H2,1H3,(H,14,15,16)/t8-,9+/m1/s1. The lowest BCUT2D eigenvalue weighted by Gasteiger charge is -2.21. The summed E-state index contributed by atoms with van der Waals surface area (Å²) in [5.74, 6) is 0.704. The van der Waals surface area contributed by atoms with Crippen molar-refractivity contribution in [3.05, 3.63) is 32.9 Å². The summed E-state index contributed by atoms with van der Waals surface area (Å²) in [6.07, 6.45) is 2.21. The van der Waals surface area contributed by atoms with Crippen LogP contribution in [0.15, 0.2) is 22.2 Å². The Bertz CT molecular complexity index is 600. The van der Waals surface area contributed by atoms with Crippen LogP contribution in [0.2, 0.25) is 0 Å². The van der Waals surface area contributed by atoms with E-state index < -0.39 is 0 Å². The Labute approximate surface area is 128 Å². The summed E-state index contributed by atoms with van der Waals surface area (Å²) in [7, 11) is 1.66. The number of hydrogen-bond donors (Lipinski definition) is 1. The van der Waals surface area contributed by atoms with Gasteiger partial charge in [0.2, 0.25) is 0 Å². The number of halogens is 1. The van der Waals surface area contributed by atoms with Crippen molar-refractivity contribution in [2.45, 2.75) is 18.6 Å². The van der Waals surface area contributed by atoms with Gasteiger partial charge in [0.15, 0.2) is 0 Å². The molecule has 3 heterocycles. The Kier molecular flexibility index (Phi) is 3.86. The van der Waals surface area contributed by atoms with Gasteiger partial charge in [0, 0.05) is 29.9 Å². The third-order valence-electron chi connectivity index (χ3n) is 3.38. The molecule has 1 N–H and O–H groups in total. The van der Waals surface area contributed by atoms with Crippen LogP contribution in [-0.2, 0) is 4.74 Å². The maximum absolute atomic E-state index is 12.6. The smallest absolute Gasteiger partial charge is 0.264 e. The molecule has 0 aliphatic carbocycles. The van der Waals surface area contributed by atoms with Gasteiger partial charge in [-0.1, -0.05) is 0 Å². The van der Waals surface area contributed by atoms with Crippen molar-refractivity contribution in [2.75, 3.05) is 13.7 Å². The van der Waals surface area contributed by atoms with Crippen LogP contribution in [0.3, 0.4) is 0 Å². The van der Waals surface area contributed by atoms with E-state index >= 15 is 0 Å². The Morgan fingerprint density at radius 1 is 1.65 bits per heavy atom. The van der Waals surface area contributed by atoms with E-state index in [1.165, 1.54) is 17.7 Å². The first-order chi connectivity index (χ1) is 9.69. The largest absolute Gasteiger partial charge is 0.380 e. The van der Waals surface area contributed by atoms with Crippen LogP contribution in [0.4, 0.5) is 0 Å². The molecule has 6 nitrogen and oxygen atoms in total. The molecule has 0 spiro atoms. The van der Waals surface area contributed by atoms with E-state index in [1.807, 2.05) is 11.4 Å². The first-order valence-electron chi connectivity index (χ1n) is 6.12. The fourth-order valence-electron chi connectivity index (χ4n) is 2.39. The van der Waals surface area contributed by atoms with Crippen LogP contribution in [0.5, 0.6) is 0 Å². The molecule has 20 heavy (non-hydrogen) atoms. The summed E-state index contributed by atoms with van der Waals surface area (Å²) in [6, 6.07) is 1.72. The van der Waals surface area contributed by atoms with Gasteiger partial charge in [0.25, 0.3) is 5.91 Å². The van der Waals surface area contributed by atoms with Crippen molar-refractivity contribution in [1.29, 1.82) is 0 Å². The van der Waals surface area contributed by atoms with Gasteiger partial charge in [-0.2, -0.15) is 5.10 Å². The molecule has 8 heteroatoms. The minimum atomic E-state index is -0.115. The minimum Gasteiger partial charge on any atom is -0.380 e. The van der Waals surface area contributed by atoms with Crippen LogP contribution < -0.4 is 0 Å². The number of likely N-dealkylation sites (tertiary alicyclic amines) is 1. The molecule has 2 atom stereocenters. The van der Waals surface area contributed by atoms with E-state index in [4.69, 9.17) is 4.74 Å². The molecule has 1 aliphatic rings. The van der Waals surface area contributed by atoms with Crippen molar-refractivity contribution in [3.63, 3.8) is 0 Å². The number of amides is 1. The molecule has 1 aliphatic heterocycles. The predicted molar refractivity (Wildman–Crippen MR) is 77.6 cm³/mol. The van der Waals surface area contributed by atoms with Crippen LogP contribution in [-0.4, -0.2) is 45.7 Å². The highest BCUT2D eigenvalue weighted by Gasteiger charge is 2.38. The van der Waals surface area contributed by atoms with Crippen molar-refractivity contribution in [3.8, 4) is 0 Å². The fourth-order valence-corrected chi connectivity index (χ4v) is 3.78. The topological polar surface area (TPSA) is 71.1 Å². The first kappa shape index (κ1) is 13.7. The molecule has 0 aromatic carbocycles. The zero-order valence-electron chi connectivity index (χ0n) is 10.7. The van der Waals surface area contributed by atoms with Crippen molar-refractivity contribution in [1.82, 2.24) is 20.1 Å². The Balaban J connectivity index is 1.87. The molecule has 1 saturated heterocycles. The number of carbonyl (C=O) groups excluding carboxylic acids is 1. The predicted octanol–water partition coefficient (Wildman–Crippen LogP) is 2.23. The van der Waals surface area contributed by atoms with E-state index in [1.54, 1.807) is 12.0 Å². The van der Waals surface area contributed by atoms with Crippen molar-refractivity contribution < 1.29 is 9.53 Å². The highest BCUT2D eigenvalue weighted by atomic mass is 79.9. The number of ether oxygens (including phenoxy) is 1. The molecule has 1 fully saturated rings. The van der Waals surface area contributed by atoms with Crippen LogP contribution >= 0.6 is 27.3 Å². The number of aromatic nitrogens is 3. The van der Waals surface area contributed by atoms with Gasteiger partial charge in [0.1, 0.15) is 12.2 Å². The van der Waals surface area contributed by atoms with Gasteiger partial charge in [-0.05, 0) is 22.0 Å². The minimum absolute atomic E-state index is 0.00153. The molecule has 0 saturated carbocycles. The maximum atomic E-state index is 12.6. The van der Waals surface area contributed by atoms with Gasteiger partial charge in [-0.25, -0.2) is 4.98 Å². The Hall–Kier alpha value is -1.25. The van der Waals surface area contributed by atoms with Gasteiger partial charge in [0.05, 0.1) is 17.0 Å². The third-order valence-corrected chi connectivity index (χ3v) is 5.06. The Morgan fingerprint density at radius 3 is 3.10 bits per heavy atom. The van der Waals surface area contributed by atoms with E-state index in [0.717, 1.165) is 10.9 Å². The van der Waals surface area contributed by atoms with Gasteiger partial charge < -0.3 is 9.64 Å². The summed E-state index contributed by atoms with van der Waals surface area (Å²) in [4.78, 5) is 19.3. The van der Waals surface area contributed by atoms with Gasteiger partial charge in [-0.15, -0.1) is 11.3 Å². The highest BCUT2D eigenvalue weighted by molar-refractivity contribution is 9.10. The maximum Gasteiger partial charge on any atom is 0.264 e. The summed E-state index contributed by atoms with van der Waals surface area (Å²) in [5, 5.41) is 8.62. The summed E-state index contributed by atoms with van der Waals surface area (Å²) in [5.41, 5.74) is 0. The van der Waals surface area contributed by atoms with Crippen LogP contribution in [0.1, 0.15) is 28.0 Å². The number of aromatic amines is 1. The SMILES string of the molecule is CO[C@@H]1C[C@@H](c2ncn[nH]2)N(C(=O)c2cc(Br)cs2)C1. The number of carbonyl (C=O) groups is 1. The molecule has 2 aromatic heterocycles. The quantitative estimate of drug-likeness (QED) is 0.915. The average Bonchev–Trinajstić information content (AvgIpc) is 3.17. The molecule has 106 valence electrons. The number of nitrogens with one attached hydrogen (secondary N) is 1. The van der Waals surface area contributed by atoms with E-state index in [0.29, 0.717) is 17.2 Å². The second kappa shape index (κ2) is 5.63. The zero-order valence-corrected chi connectivity index (χ0v) is 13.1. The second-order valence-electron chi connectivity index (χ2n) is 4.57.